The van der Waals surface area contributed by atoms with Crippen LogP contribution in [0.3, 0.4) is 0 Å². The number of carbonyl (C=O) groups excluding carboxylic acids is 1. The van der Waals surface area contributed by atoms with Gasteiger partial charge in [0.25, 0.3) is 0 Å². The Labute approximate surface area is 142 Å². The molecule has 0 saturated heterocycles. The summed E-state index contributed by atoms with van der Waals surface area (Å²) in [4.78, 5) is 34.0. The van der Waals surface area contributed by atoms with Crippen LogP contribution in [0, 0.1) is 0 Å². The molecule has 0 aromatic rings. The van der Waals surface area contributed by atoms with Crippen LogP contribution in [0.4, 0.5) is 0 Å². The molecule has 0 spiro atoms. The average molecular weight is 368 g/mol. The van der Waals surface area contributed by atoms with Crippen LogP contribution in [0.2, 0.25) is 0 Å². The molecule has 9 nitrogen and oxygen atoms in total. The Morgan fingerprint density at radius 2 is 1.57 bits per heavy atom. The number of Topliss-reactive ketones (excluding diaryl/α,β-unsaturated/α-hetero) is 1. The Balaban J connectivity index is 4.70. The van der Waals surface area contributed by atoms with E-state index in [2.05, 4.69) is 0 Å². The van der Waals surface area contributed by atoms with Crippen molar-refractivity contribution >= 4 is 39.3 Å². The molecular weight excluding hydrogens is 344 g/mol. The third-order valence-electron chi connectivity index (χ3n) is 2.96. The standard InChI is InChI=1S/C12H24N4O5S2/c13-4-2-1-3-6(14)9(17)10(8(16)12(20)21)23-22-5-7(15)11(18)19/h6-8,10H,1-5,13-16H2,(H,18,19)(H,20,21)/t6-,7-,8-,10?/m0/s1. The SMILES string of the molecule is NCCCC[C@H](N)C(=O)C(SSC[C@H](N)C(=O)O)[C@H](N)C(=O)O. The van der Waals surface area contributed by atoms with Crippen molar-refractivity contribution < 1.29 is 24.6 Å². The van der Waals surface area contributed by atoms with Gasteiger partial charge in [-0.15, -0.1) is 0 Å². The maximum atomic E-state index is 12.3. The van der Waals surface area contributed by atoms with Crippen LogP contribution < -0.4 is 22.9 Å². The van der Waals surface area contributed by atoms with Crippen LogP contribution >= 0.6 is 21.6 Å². The Morgan fingerprint density at radius 3 is 2.04 bits per heavy atom. The maximum Gasteiger partial charge on any atom is 0.322 e. The van der Waals surface area contributed by atoms with Gasteiger partial charge in [-0.1, -0.05) is 28.0 Å². The predicted molar refractivity (Wildman–Crippen MR) is 90.9 cm³/mol. The van der Waals surface area contributed by atoms with Crippen LogP contribution in [-0.2, 0) is 14.4 Å². The highest BCUT2D eigenvalue weighted by Gasteiger charge is 2.34. The lowest BCUT2D eigenvalue weighted by molar-refractivity contribution is -0.140. The Bertz CT molecular complexity index is 413. The van der Waals surface area contributed by atoms with Crippen LogP contribution in [0.25, 0.3) is 0 Å². The van der Waals surface area contributed by atoms with Gasteiger partial charge >= 0.3 is 11.9 Å². The highest BCUT2D eigenvalue weighted by Crippen LogP contribution is 2.30. The summed E-state index contributed by atoms with van der Waals surface area (Å²) >= 11 is 0. The first-order chi connectivity index (χ1) is 10.7. The van der Waals surface area contributed by atoms with Crippen LogP contribution in [0.15, 0.2) is 0 Å². The summed E-state index contributed by atoms with van der Waals surface area (Å²) in [5, 5.41) is 16.6. The van der Waals surface area contributed by atoms with Crippen molar-refractivity contribution in [2.45, 2.75) is 42.6 Å². The third kappa shape index (κ3) is 8.53. The van der Waals surface area contributed by atoms with E-state index in [0.717, 1.165) is 21.6 Å². The summed E-state index contributed by atoms with van der Waals surface area (Å²) in [6.07, 6.45) is 1.75. The second kappa shape index (κ2) is 11.6. The summed E-state index contributed by atoms with van der Waals surface area (Å²) in [7, 11) is 1.88. The van der Waals surface area contributed by atoms with E-state index in [0.29, 0.717) is 25.8 Å². The summed E-state index contributed by atoms with van der Waals surface area (Å²) in [5.74, 6) is -2.97. The number of aliphatic carboxylic acids is 2. The average Bonchev–Trinajstić information content (AvgIpc) is 2.49. The molecule has 23 heavy (non-hydrogen) atoms. The zero-order valence-corrected chi connectivity index (χ0v) is 14.2. The van der Waals surface area contributed by atoms with E-state index < -0.39 is 41.1 Å². The van der Waals surface area contributed by atoms with Crippen LogP contribution in [0.5, 0.6) is 0 Å². The van der Waals surface area contributed by atoms with E-state index in [4.69, 9.17) is 33.1 Å². The minimum absolute atomic E-state index is 0.0124. The fourth-order valence-corrected chi connectivity index (χ4v) is 4.31. The molecule has 4 atom stereocenters. The highest BCUT2D eigenvalue weighted by molar-refractivity contribution is 8.77. The number of nitrogens with two attached hydrogens (primary N) is 4. The smallest absolute Gasteiger partial charge is 0.322 e. The van der Waals surface area contributed by atoms with Crippen molar-refractivity contribution in [2.24, 2.45) is 22.9 Å². The van der Waals surface area contributed by atoms with Gasteiger partial charge < -0.3 is 33.1 Å². The molecule has 0 bridgehead atoms. The second-order valence-electron chi connectivity index (χ2n) is 4.90. The fourth-order valence-electron chi connectivity index (χ4n) is 1.53. The van der Waals surface area contributed by atoms with Gasteiger partial charge in [-0.2, -0.15) is 0 Å². The molecule has 0 saturated carbocycles. The molecule has 0 radical (unpaired) electrons. The summed E-state index contributed by atoms with van der Waals surface area (Å²) < 4.78 is 0. The Morgan fingerprint density at radius 1 is 0.957 bits per heavy atom. The summed E-state index contributed by atoms with van der Waals surface area (Å²) in [5.41, 5.74) is 22.1. The van der Waals surface area contributed by atoms with E-state index >= 15 is 0 Å². The van der Waals surface area contributed by atoms with Gasteiger partial charge in [0.2, 0.25) is 0 Å². The quantitative estimate of drug-likeness (QED) is 0.165. The molecule has 0 aliphatic carbocycles. The van der Waals surface area contributed by atoms with Gasteiger partial charge in [0.1, 0.15) is 17.3 Å². The van der Waals surface area contributed by atoms with Gasteiger partial charge in [0.15, 0.2) is 5.78 Å². The van der Waals surface area contributed by atoms with E-state index in [9.17, 15) is 14.4 Å². The molecule has 0 aromatic heterocycles. The minimum atomic E-state index is -1.43. The van der Waals surface area contributed by atoms with Crippen LogP contribution in [0.1, 0.15) is 19.3 Å². The number of carboxylic acid groups (broad SMARTS) is 2. The molecule has 0 aliphatic rings. The van der Waals surface area contributed by atoms with Gasteiger partial charge in [-0.25, -0.2) is 0 Å². The molecule has 0 aliphatic heterocycles. The lowest BCUT2D eigenvalue weighted by Crippen LogP contribution is -2.49. The number of hydrogen-bond donors (Lipinski definition) is 6. The topological polar surface area (TPSA) is 196 Å². The van der Waals surface area contributed by atoms with Crippen LogP contribution in [-0.4, -0.2) is 63.6 Å². The number of carboxylic acids is 2. The lowest BCUT2D eigenvalue weighted by Gasteiger charge is -2.22. The largest absolute Gasteiger partial charge is 0.480 e. The van der Waals surface area contributed by atoms with E-state index in [1.807, 2.05) is 0 Å². The van der Waals surface area contributed by atoms with Gasteiger partial charge in [-0.05, 0) is 19.4 Å². The first-order valence-electron chi connectivity index (χ1n) is 6.96. The minimum Gasteiger partial charge on any atom is -0.480 e. The van der Waals surface area contributed by atoms with Crippen molar-refractivity contribution in [3.63, 3.8) is 0 Å². The number of rotatable bonds is 13. The normalized spacial score (nSPS) is 16.3. The predicted octanol–water partition coefficient (Wildman–Crippen LogP) is -1.41. The molecule has 0 fully saturated rings. The molecule has 1 unspecified atom stereocenters. The van der Waals surface area contributed by atoms with Gasteiger partial charge in [-0.3, -0.25) is 14.4 Å². The van der Waals surface area contributed by atoms with E-state index in [1.165, 1.54) is 0 Å². The zero-order valence-electron chi connectivity index (χ0n) is 12.6. The summed E-state index contributed by atoms with van der Waals surface area (Å²) in [6, 6.07) is -3.37. The summed E-state index contributed by atoms with van der Waals surface area (Å²) in [6.45, 7) is 0.483. The highest BCUT2D eigenvalue weighted by atomic mass is 33.1. The van der Waals surface area contributed by atoms with E-state index in [1.54, 1.807) is 0 Å². The van der Waals surface area contributed by atoms with Gasteiger partial charge in [0.05, 0.1) is 6.04 Å². The molecule has 0 heterocycles. The first-order valence-corrected chi connectivity index (χ1v) is 9.35. The van der Waals surface area contributed by atoms with Crippen molar-refractivity contribution in [1.29, 1.82) is 0 Å². The lowest BCUT2D eigenvalue weighted by atomic mass is 10.0. The number of hydrogen-bond acceptors (Lipinski definition) is 9. The number of carbonyl (C=O) groups is 3. The Kier molecular flexibility index (Phi) is 11.2. The zero-order chi connectivity index (χ0) is 18.0. The fraction of sp³-hybridized carbons (Fsp3) is 0.750. The molecule has 11 heteroatoms. The molecular formula is C12H24N4O5S2. The number of ketones is 1. The first kappa shape index (κ1) is 22.1. The molecule has 0 aromatic carbocycles. The Hall–Kier alpha value is -0.850. The molecule has 134 valence electrons. The second-order valence-corrected chi connectivity index (χ2v) is 7.46. The van der Waals surface area contributed by atoms with E-state index in [-0.39, 0.29) is 5.75 Å². The molecule has 0 rings (SSSR count). The van der Waals surface area contributed by atoms with Crippen molar-refractivity contribution in [2.75, 3.05) is 12.3 Å². The van der Waals surface area contributed by atoms with Crippen molar-refractivity contribution in [3.05, 3.63) is 0 Å². The third-order valence-corrected chi connectivity index (χ3v) is 5.77. The monoisotopic (exact) mass is 368 g/mol. The van der Waals surface area contributed by atoms with Crippen molar-refractivity contribution in [1.82, 2.24) is 0 Å². The van der Waals surface area contributed by atoms with Crippen molar-refractivity contribution in [3.8, 4) is 0 Å². The number of unbranched alkanes of at least 4 members (excludes halogenated alkanes) is 1. The van der Waals surface area contributed by atoms with Gasteiger partial charge in [0, 0.05) is 5.75 Å². The molecule has 10 N–H and O–H groups in total. The maximum absolute atomic E-state index is 12.3. The molecule has 0 amide bonds.